The molecular formula is C8H13N3O. The highest BCUT2D eigenvalue weighted by Gasteiger charge is 2.18. The number of hydrogen-bond donors (Lipinski definition) is 1. The molecule has 0 aromatic carbocycles. The smallest absolute Gasteiger partial charge is 0.223 e. The van der Waals surface area contributed by atoms with Crippen molar-refractivity contribution in [2.75, 3.05) is 6.54 Å². The number of aryl methyl sites for hydroxylation is 1. The van der Waals surface area contributed by atoms with E-state index in [1.54, 1.807) is 0 Å². The molecule has 4 heteroatoms. The fraction of sp³-hybridized carbons (Fsp3) is 0.750. The van der Waals surface area contributed by atoms with Gasteiger partial charge in [0.1, 0.15) is 0 Å². The Hall–Kier alpha value is -0.900. The predicted octanol–water partition coefficient (Wildman–Crippen LogP) is 1.19. The summed E-state index contributed by atoms with van der Waals surface area (Å²) in [5.41, 5.74) is 0. The second-order valence-corrected chi connectivity index (χ2v) is 3.17. The fourth-order valence-corrected chi connectivity index (χ4v) is 1.53. The standard InChI is InChI=1S/C8H13N3O/c1-6-10-8(11-12-6)7-4-2-3-5-9-7/h7,9H,2-5H2,1H3/t7-/m1/s1. The lowest BCUT2D eigenvalue weighted by Crippen LogP contribution is -2.27. The zero-order valence-electron chi connectivity index (χ0n) is 7.21. The third-order valence-corrected chi connectivity index (χ3v) is 2.17. The van der Waals surface area contributed by atoms with Crippen LogP contribution in [0.3, 0.4) is 0 Å². The molecule has 0 aliphatic carbocycles. The Morgan fingerprint density at radius 2 is 2.42 bits per heavy atom. The highest BCUT2D eigenvalue weighted by molar-refractivity contribution is 4.94. The predicted molar refractivity (Wildman–Crippen MR) is 43.6 cm³/mol. The van der Waals surface area contributed by atoms with Crippen molar-refractivity contribution in [3.63, 3.8) is 0 Å². The third-order valence-electron chi connectivity index (χ3n) is 2.17. The molecule has 2 rings (SSSR count). The summed E-state index contributed by atoms with van der Waals surface area (Å²) in [5.74, 6) is 1.46. The van der Waals surface area contributed by atoms with Crippen LogP contribution < -0.4 is 5.32 Å². The van der Waals surface area contributed by atoms with Gasteiger partial charge in [0.15, 0.2) is 5.82 Å². The Morgan fingerprint density at radius 1 is 1.50 bits per heavy atom. The van der Waals surface area contributed by atoms with Crippen LogP contribution in [-0.2, 0) is 0 Å². The van der Waals surface area contributed by atoms with Crippen LogP contribution in [0.25, 0.3) is 0 Å². The van der Waals surface area contributed by atoms with Gasteiger partial charge in [-0.2, -0.15) is 4.98 Å². The number of rotatable bonds is 1. The van der Waals surface area contributed by atoms with Gasteiger partial charge in [0.2, 0.25) is 5.89 Å². The van der Waals surface area contributed by atoms with Crippen LogP contribution >= 0.6 is 0 Å². The Bertz CT molecular complexity index is 253. The lowest BCUT2D eigenvalue weighted by molar-refractivity contribution is 0.355. The van der Waals surface area contributed by atoms with Gasteiger partial charge in [-0.1, -0.05) is 11.6 Å². The molecule has 1 aliphatic rings. The van der Waals surface area contributed by atoms with E-state index < -0.39 is 0 Å². The van der Waals surface area contributed by atoms with E-state index in [1.807, 2.05) is 6.92 Å². The number of hydrogen-bond acceptors (Lipinski definition) is 4. The van der Waals surface area contributed by atoms with Crippen molar-refractivity contribution in [1.82, 2.24) is 15.5 Å². The summed E-state index contributed by atoms with van der Waals surface area (Å²) in [5, 5.41) is 7.25. The Kier molecular flexibility index (Phi) is 2.08. The lowest BCUT2D eigenvalue weighted by Gasteiger charge is -2.19. The maximum atomic E-state index is 4.92. The van der Waals surface area contributed by atoms with Gasteiger partial charge in [-0.25, -0.2) is 0 Å². The Labute approximate surface area is 71.4 Å². The van der Waals surface area contributed by atoms with Crippen LogP contribution in [0.5, 0.6) is 0 Å². The van der Waals surface area contributed by atoms with Crippen LogP contribution in [0, 0.1) is 6.92 Å². The van der Waals surface area contributed by atoms with E-state index >= 15 is 0 Å². The van der Waals surface area contributed by atoms with Gasteiger partial charge in [-0.05, 0) is 19.4 Å². The summed E-state index contributed by atoms with van der Waals surface area (Å²) < 4.78 is 4.92. The van der Waals surface area contributed by atoms with Crippen LogP contribution in [0.4, 0.5) is 0 Å². The first-order valence-electron chi connectivity index (χ1n) is 4.40. The minimum Gasteiger partial charge on any atom is -0.340 e. The number of aromatic nitrogens is 2. The van der Waals surface area contributed by atoms with Crippen molar-refractivity contribution in [3.8, 4) is 0 Å². The summed E-state index contributed by atoms with van der Waals surface area (Å²) in [4.78, 5) is 4.19. The van der Waals surface area contributed by atoms with Gasteiger partial charge >= 0.3 is 0 Å². The topological polar surface area (TPSA) is 51.0 Å². The molecule has 2 heterocycles. The molecule has 0 amide bonds. The molecule has 1 saturated heterocycles. The first-order chi connectivity index (χ1) is 5.86. The SMILES string of the molecule is Cc1nc([C@H]2CCCCN2)no1. The highest BCUT2D eigenvalue weighted by Crippen LogP contribution is 2.19. The van der Waals surface area contributed by atoms with E-state index in [0.29, 0.717) is 11.9 Å². The van der Waals surface area contributed by atoms with Crippen LogP contribution in [0.2, 0.25) is 0 Å². The van der Waals surface area contributed by atoms with Gasteiger partial charge in [0.05, 0.1) is 6.04 Å². The van der Waals surface area contributed by atoms with Gasteiger partial charge in [0, 0.05) is 6.92 Å². The van der Waals surface area contributed by atoms with Crippen molar-refractivity contribution in [2.24, 2.45) is 0 Å². The molecule has 0 spiro atoms. The van der Waals surface area contributed by atoms with Crippen molar-refractivity contribution in [3.05, 3.63) is 11.7 Å². The lowest BCUT2D eigenvalue weighted by atomic mass is 10.0. The molecule has 1 aliphatic heterocycles. The molecule has 0 bridgehead atoms. The summed E-state index contributed by atoms with van der Waals surface area (Å²) in [6.07, 6.45) is 3.64. The largest absolute Gasteiger partial charge is 0.340 e. The first kappa shape index (κ1) is 7.73. The Morgan fingerprint density at radius 3 is 3.00 bits per heavy atom. The van der Waals surface area contributed by atoms with E-state index in [0.717, 1.165) is 18.8 Å². The second-order valence-electron chi connectivity index (χ2n) is 3.17. The van der Waals surface area contributed by atoms with E-state index in [1.165, 1.54) is 12.8 Å². The van der Waals surface area contributed by atoms with Crippen LogP contribution in [-0.4, -0.2) is 16.7 Å². The Balaban J connectivity index is 2.08. The minimum absolute atomic E-state index is 0.316. The molecule has 4 nitrogen and oxygen atoms in total. The van der Waals surface area contributed by atoms with Crippen molar-refractivity contribution < 1.29 is 4.52 Å². The zero-order chi connectivity index (χ0) is 8.39. The molecule has 1 fully saturated rings. The van der Waals surface area contributed by atoms with Gasteiger partial charge in [0.25, 0.3) is 0 Å². The second kappa shape index (κ2) is 3.23. The molecule has 12 heavy (non-hydrogen) atoms. The number of nitrogens with one attached hydrogen (secondary N) is 1. The molecule has 1 aromatic heterocycles. The summed E-state index contributed by atoms with van der Waals surface area (Å²) in [7, 11) is 0. The fourth-order valence-electron chi connectivity index (χ4n) is 1.53. The molecule has 0 saturated carbocycles. The molecule has 1 N–H and O–H groups in total. The molecule has 1 atom stereocenters. The van der Waals surface area contributed by atoms with Crippen LogP contribution in [0.15, 0.2) is 4.52 Å². The maximum Gasteiger partial charge on any atom is 0.223 e. The number of piperidine rings is 1. The highest BCUT2D eigenvalue weighted by atomic mass is 16.5. The molecule has 0 radical (unpaired) electrons. The van der Waals surface area contributed by atoms with E-state index in [2.05, 4.69) is 15.5 Å². The zero-order valence-corrected chi connectivity index (χ0v) is 7.21. The van der Waals surface area contributed by atoms with Crippen molar-refractivity contribution >= 4 is 0 Å². The number of nitrogens with zero attached hydrogens (tertiary/aromatic N) is 2. The maximum absolute atomic E-state index is 4.92. The summed E-state index contributed by atoms with van der Waals surface area (Å²) >= 11 is 0. The van der Waals surface area contributed by atoms with Crippen LogP contribution in [0.1, 0.15) is 37.0 Å². The van der Waals surface area contributed by atoms with Gasteiger partial charge in [-0.3, -0.25) is 0 Å². The van der Waals surface area contributed by atoms with E-state index in [4.69, 9.17) is 4.52 Å². The summed E-state index contributed by atoms with van der Waals surface area (Å²) in [6, 6.07) is 0.316. The van der Waals surface area contributed by atoms with Gasteiger partial charge in [-0.15, -0.1) is 0 Å². The minimum atomic E-state index is 0.316. The van der Waals surface area contributed by atoms with E-state index in [-0.39, 0.29) is 0 Å². The third kappa shape index (κ3) is 1.48. The molecule has 66 valence electrons. The normalized spacial score (nSPS) is 24.2. The van der Waals surface area contributed by atoms with Crippen molar-refractivity contribution in [1.29, 1.82) is 0 Å². The molecule has 0 unspecified atom stereocenters. The quantitative estimate of drug-likeness (QED) is 0.682. The van der Waals surface area contributed by atoms with Crippen molar-refractivity contribution in [2.45, 2.75) is 32.2 Å². The monoisotopic (exact) mass is 167 g/mol. The van der Waals surface area contributed by atoms with Gasteiger partial charge < -0.3 is 9.84 Å². The van der Waals surface area contributed by atoms with E-state index in [9.17, 15) is 0 Å². The molecule has 1 aromatic rings. The summed E-state index contributed by atoms with van der Waals surface area (Å²) in [6.45, 7) is 2.89. The molecular weight excluding hydrogens is 154 g/mol. The average Bonchev–Trinajstić information content (AvgIpc) is 2.54. The average molecular weight is 167 g/mol. The first-order valence-corrected chi connectivity index (χ1v) is 4.40.